The molecule has 0 aliphatic heterocycles. The second kappa shape index (κ2) is 11.8. The Kier molecular flexibility index (Phi) is 6.61. The Morgan fingerprint density at radius 1 is 0.418 bits per heavy atom. The van der Waals surface area contributed by atoms with Gasteiger partial charge in [0.05, 0.1) is 57.0 Å². The zero-order valence-corrected chi connectivity index (χ0v) is 29.5. The first-order chi connectivity index (χ1) is 27.2. The van der Waals surface area contributed by atoms with Crippen LogP contribution in [-0.2, 0) is 0 Å². The number of fused-ring (bicyclic) bond motifs is 9. The molecule has 5 heteroatoms. The van der Waals surface area contributed by atoms with Crippen LogP contribution in [0.15, 0.2) is 176 Å². The monoisotopic (exact) mass is 699 g/mol. The lowest BCUT2D eigenvalue weighted by molar-refractivity contribution is 1.15. The van der Waals surface area contributed by atoms with Crippen molar-refractivity contribution < 1.29 is 0 Å². The first-order valence-electron chi connectivity index (χ1n) is 18.3. The molecule has 0 saturated heterocycles. The van der Waals surface area contributed by atoms with Gasteiger partial charge in [0.25, 0.3) is 0 Å². The summed E-state index contributed by atoms with van der Waals surface area (Å²) in [5.41, 5.74) is 12.7. The molecule has 0 spiro atoms. The van der Waals surface area contributed by atoms with Crippen molar-refractivity contribution in [2.75, 3.05) is 0 Å². The lowest BCUT2D eigenvalue weighted by Crippen LogP contribution is -2.00. The van der Waals surface area contributed by atoms with Crippen LogP contribution in [0.2, 0.25) is 0 Å². The second-order valence-electron chi connectivity index (χ2n) is 14.0. The molecule has 254 valence electrons. The fraction of sp³-hybridized carbons (Fsp3) is 0. The number of nitriles is 1. The molecule has 0 aliphatic rings. The molecule has 55 heavy (non-hydrogen) atoms. The molecule has 11 aromatic rings. The van der Waals surface area contributed by atoms with Crippen molar-refractivity contribution in [3.63, 3.8) is 0 Å². The summed E-state index contributed by atoms with van der Waals surface area (Å²) < 4.78 is 6.94. The van der Waals surface area contributed by atoms with E-state index in [-0.39, 0.29) is 0 Å². The van der Waals surface area contributed by atoms with Crippen molar-refractivity contribution >= 4 is 71.1 Å². The van der Waals surface area contributed by atoms with E-state index in [2.05, 4.69) is 164 Å². The first kappa shape index (κ1) is 30.7. The van der Waals surface area contributed by atoms with Gasteiger partial charge >= 0.3 is 0 Å². The van der Waals surface area contributed by atoms with E-state index in [0.29, 0.717) is 11.3 Å². The third-order valence-corrected chi connectivity index (χ3v) is 11.0. The van der Waals surface area contributed by atoms with Gasteiger partial charge in [-0.15, -0.1) is 0 Å². The van der Waals surface area contributed by atoms with Crippen molar-refractivity contribution in [2.24, 2.45) is 0 Å². The number of para-hydroxylation sites is 5. The summed E-state index contributed by atoms with van der Waals surface area (Å²) in [6.07, 6.45) is 0. The molecule has 5 nitrogen and oxygen atoms in total. The van der Waals surface area contributed by atoms with Gasteiger partial charge in [-0.25, -0.2) is 4.85 Å². The molecule has 0 amide bonds. The van der Waals surface area contributed by atoms with Crippen LogP contribution in [-0.4, -0.2) is 13.7 Å². The van der Waals surface area contributed by atoms with Crippen LogP contribution in [0.4, 0.5) is 5.69 Å². The van der Waals surface area contributed by atoms with Gasteiger partial charge in [-0.3, -0.25) is 0 Å². The molecule has 0 bridgehead atoms. The summed E-state index contributed by atoms with van der Waals surface area (Å²) in [6.45, 7) is 7.66. The van der Waals surface area contributed by atoms with E-state index in [4.69, 9.17) is 6.57 Å². The second-order valence-corrected chi connectivity index (χ2v) is 14.0. The standard InChI is InChI=1S/C50H29N5/c1-52-34-22-25-49-43(29-34)41-16-6-11-21-48(41)55(49)44-17-7-2-12-37(44)33-26-32(31-51)27-36(28-33)54-47-20-10-5-15-40(47)42-24-23-35(30-50(42)54)53-45-18-8-3-13-38(45)39-14-4-9-19-46(39)53/h2-30H. The highest BCUT2D eigenvalue weighted by molar-refractivity contribution is 6.13. The minimum atomic E-state index is 0.579. The Morgan fingerprint density at radius 2 is 0.945 bits per heavy atom. The summed E-state index contributed by atoms with van der Waals surface area (Å²) in [6, 6.07) is 63.8. The molecular weight excluding hydrogens is 671 g/mol. The SMILES string of the molecule is [C-]#[N+]c1ccc2c(c1)c1ccccc1n2-c1ccccc1-c1cc(C#N)cc(-n2c3ccccc3c3ccc(-n4c5ccccc5c5ccccc54)cc32)c1. The molecule has 0 fully saturated rings. The Hall–Kier alpha value is -7.86. The lowest BCUT2D eigenvalue weighted by atomic mass is 10.00. The quantitative estimate of drug-likeness (QED) is 0.169. The smallest absolute Gasteiger partial charge is 0.188 e. The Morgan fingerprint density at radius 3 is 1.58 bits per heavy atom. The number of hydrogen-bond donors (Lipinski definition) is 0. The molecule has 3 heterocycles. The number of aromatic nitrogens is 3. The van der Waals surface area contributed by atoms with Crippen molar-refractivity contribution in [3.05, 3.63) is 193 Å². The maximum absolute atomic E-state index is 10.5. The van der Waals surface area contributed by atoms with Crippen molar-refractivity contribution in [1.82, 2.24) is 13.7 Å². The molecular formula is C50H29N5. The fourth-order valence-electron chi connectivity index (χ4n) is 8.74. The van der Waals surface area contributed by atoms with Crippen molar-refractivity contribution in [3.8, 4) is 34.3 Å². The van der Waals surface area contributed by atoms with Gasteiger partial charge in [-0.1, -0.05) is 103 Å². The van der Waals surface area contributed by atoms with E-state index in [9.17, 15) is 5.26 Å². The highest BCUT2D eigenvalue weighted by Gasteiger charge is 2.20. The van der Waals surface area contributed by atoms with Crippen LogP contribution in [0.1, 0.15) is 5.56 Å². The highest BCUT2D eigenvalue weighted by Crippen LogP contribution is 2.40. The predicted octanol–water partition coefficient (Wildman–Crippen LogP) is 13.1. The molecule has 3 aromatic heterocycles. The Bertz CT molecular complexity index is 3420. The van der Waals surface area contributed by atoms with Crippen molar-refractivity contribution in [2.45, 2.75) is 0 Å². The number of nitrogens with zero attached hydrogens (tertiary/aromatic N) is 5. The third kappa shape index (κ3) is 4.51. The summed E-state index contributed by atoms with van der Waals surface area (Å²) in [7, 11) is 0. The summed E-state index contributed by atoms with van der Waals surface area (Å²) in [4.78, 5) is 3.72. The van der Waals surface area contributed by atoms with Gasteiger partial charge in [0.1, 0.15) is 0 Å². The van der Waals surface area contributed by atoms with Crippen LogP contribution >= 0.6 is 0 Å². The lowest BCUT2D eigenvalue weighted by Gasteiger charge is -2.16. The molecule has 0 radical (unpaired) electrons. The van der Waals surface area contributed by atoms with E-state index < -0.39 is 0 Å². The van der Waals surface area contributed by atoms with Crippen LogP contribution < -0.4 is 0 Å². The van der Waals surface area contributed by atoms with Gasteiger partial charge < -0.3 is 13.7 Å². The predicted molar refractivity (Wildman–Crippen MR) is 226 cm³/mol. The normalized spacial score (nSPS) is 11.6. The Labute approximate surface area is 316 Å². The van der Waals surface area contributed by atoms with Gasteiger partial charge in [-0.05, 0) is 83.7 Å². The maximum Gasteiger partial charge on any atom is 0.188 e. The largest absolute Gasteiger partial charge is 0.309 e. The molecule has 0 unspecified atom stereocenters. The van der Waals surface area contributed by atoms with Gasteiger partial charge in [0.2, 0.25) is 0 Å². The average Bonchev–Trinajstić information content (AvgIpc) is 3.88. The highest BCUT2D eigenvalue weighted by atomic mass is 15.0. The van der Waals surface area contributed by atoms with E-state index in [1.807, 2.05) is 36.4 Å². The van der Waals surface area contributed by atoms with Gasteiger partial charge in [-0.2, -0.15) is 5.26 Å². The molecule has 8 aromatic carbocycles. The van der Waals surface area contributed by atoms with E-state index in [0.717, 1.165) is 82.8 Å². The zero-order valence-electron chi connectivity index (χ0n) is 29.5. The van der Waals surface area contributed by atoms with Crippen molar-refractivity contribution in [1.29, 1.82) is 5.26 Å². The Balaban J connectivity index is 1.17. The molecule has 0 atom stereocenters. The molecule has 0 aliphatic carbocycles. The average molecular weight is 700 g/mol. The zero-order chi connectivity index (χ0) is 36.6. The van der Waals surface area contributed by atoms with E-state index in [1.54, 1.807) is 0 Å². The summed E-state index contributed by atoms with van der Waals surface area (Å²) >= 11 is 0. The number of rotatable bonds is 4. The van der Waals surface area contributed by atoms with Crippen LogP contribution in [0.3, 0.4) is 0 Å². The van der Waals surface area contributed by atoms with Gasteiger partial charge in [0.15, 0.2) is 5.69 Å². The van der Waals surface area contributed by atoms with Crippen LogP contribution in [0.25, 0.3) is 98.5 Å². The van der Waals surface area contributed by atoms with Crippen LogP contribution in [0, 0.1) is 17.9 Å². The third-order valence-electron chi connectivity index (χ3n) is 11.0. The summed E-state index contributed by atoms with van der Waals surface area (Å²) in [5, 5.41) is 17.4. The van der Waals surface area contributed by atoms with Crippen LogP contribution in [0.5, 0.6) is 0 Å². The molecule has 0 saturated carbocycles. The minimum absolute atomic E-state index is 0.579. The number of benzene rings is 8. The topological polar surface area (TPSA) is 42.9 Å². The van der Waals surface area contributed by atoms with E-state index >= 15 is 0 Å². The minimum Gasteiger partial charge on any atom is -0.309 e. The summed E-state index contributed by atoms with van der Waals surface area (Å²) in [5.74, 6) is 0. The fourth-order valence-corrected chi connectivity index (χ4v) is 8.74. The first-order valence-corrected chi connectivity index (χ1v) is 18.3. The molecule has 0 N–H and O–H groups in total. The molecule has 11 rings (SSSR count). The number of hydrogen-bond acceptors (Lipinski definition) is 1. The van der Waals surface area contributed by atoms with Gasteiger partial charge in [0, 0.05) is 43.9 Å². The van der Waals surface area contributed by atoms with E-state index in [1.165, 1.54) is 10.8 Å². The maximum atomic E-state index is 10.5.